The summed E-state index contributed by atoms with van der Waals surface area (Å²) in [5, 5.41) is 9.21. The van der Waals surface area contributed by atoms with E-state index in [9.17, 15) is 4.79 Å². The number of halogens is 1. The maximum absolute atomic E-state index is 10.9. The number of aldehydes is 1. The van der Waals surface area contributed by atoms with E-state index in [4.69, 9.17) is 16.3 Å². The van der Waals surface area contributed by atoms with E-state index in [-0.39, 0.29) is 0 Å². The number of benzene rings is 1. The molecule has 0 atom stereocenters. The van der Waals surface area contributed by atoms with E-state index in [1.54, 1.807) is 43.6 Å². The van der Waals surface area contributed by atoms with Crippen LogP contribution in [0.1, 0.15) is 17.3 Å². The van der Waals surface area contributed by atoms with Gasteiger partial charge in [-0.25, -0.2) is 4.98 Å². The first-order valence-corrected chi connectivity index (χ1v) is 10.9. The monoisotopic (exact) mass is 463 g/mol. The molecular weight excluding hydrogens is 434 g/mol. The summed E-state index contributed by atoms with van der Waals surface area (Å²) in [4.78, 5) is 21.4. The van der Waals surface area contributed by atoms with Crippen molar-refractivity contribution in [3.63, 3.8) is 0 Å². The number of thioether (sulfide) groups is 1. The van der Waals surface area contributed by atoms with Crippen molar-refractivity contribution in [3.8, 4) is 11.5 Å². The molecule has 7 nitrogen and oxygen atoms in total. The van der Waals surface area contributed by atoms with Gasteiger partial charge in [0.2, 0.25) is 0 Å². The maximum Gasteiger partial charge on any atom is 0.166 e. The lowest BCUT2D eigenvalue weighted by atomic mass is 10.2. The van der Waals surface area contributed by atoms with Crippen LogP contribution < -0.4 is 15.4 Å². The van der Waals surface area contributed by atoms with E-state index in [1.165, 1.54) is 11.8 Å². The lowest BCUT2D eigenvalue weighted by Crippen LogP contribution is -2.23. The minimum absolute atomic E-state index is 0.408. The number of carbonyl (C=O) groups excluding carboxylic acids is 1. The van der Waals surface area contributed by atoms with Crippen LogP contribution >= 0.6 is 23.4 Å². The van der Waals surface area contributed by atoms with Crippen LogP contribution in [-0.2, 0) is 0 Å². The number of ether oxygens (including phenoxy) is 1. The quantitative estimate of drug-likeness (QED) is 0.331. The number of hydrogen-bond donors (Lipinski definition) is 2. The van der Waals surface area contributed by atoms with Gasteiger partial charge in [0.15, 0.2) is 5.17 Å². The Bertz CT molecular complexity index is 875. The third-order valence-electron chi connectivity index (χ3n) is 3.61. The van der Waals surface area contributed by atoms with Crippen molar-refractivity contribution in [2.75, 3.05) is 46.6 Å². The normalized spacial score (nSPS) is 11.3. The predicted molar refractivity (Wildman–Crippen MR) is 133 cm³/mol. The number of allylic oxidation sites excluding steroid dienone is 1. The highest BCUT2D eigenvalue weighted by Crippen LogP contribution is 2.30. The summed E-state index contributed by atoms with van der Waals surface area (Å²) < 4.78 is 5.76. The Labute approximate surface area is 193 Å². The van der Waals surface area contributed by atoms with Crippen LogP contribution in [0.2, 0.25) is 5.02 Å². The summed E-state index contributed by atoms with van der Waals surface area (Å²) in [6, 6.07) is 8.27. The molecular formula is C22H30ClN5O2S. The van der Waals surface area contributed by atoms with Gasteiger partial charge in [0, 0.05) is 38.0 Å². The number of aliphatic imine (C=N–C) groups is 1. The second-order valence-corrected chi connectivity index (χ2v) is 7.74. The van der Waals surface area contributed by atoms with Gasteiger partial charge in [0.1, 0.15) is 23.6 Å². The highest BCUT2D eigenvalue weighted by atomic mass is 35.5. The van der Waals surface area contributed by atoms with Gasteiger partial charge >= 0.3 is 0 Å². The average molecular weight is 464 g/mol. The molecule has 9 heteroatoms. The number of rotatable bonds is 8. The summed E-state index contributed by atoms with van der Waals surface area (Å²) in [5.74, 6) is 1.54. The van der Waals surface area contributed by atoms with Crippen molar-refractivity contribution in [1.82, 2.24) is 15.2 Å². The molecule has 0 radical (unpaired) electrons. The van der Waals surface area contributed by atoms with Crippen molar-refractivity contribution in [2.24, 2.45) is 4.99 Å². The molecule has 0 spiro atoms. The van der Waals surface area contributed by atoms with Gasteiger partial charge in [0.05, 0.1) is 5.02 Å². The molecule has 31 heavy (non-hydrogen) atoms. The Morgan fingerprint density at radius 1 is 1.32 bits per heavy atom. The SMILES string of the molecule is C/C=C/SC(=NC)Nc1cc(Oc2cc(C=O)ccc2Cl)ccn1.CNCCN(C)C. The number of pyridine rings is 1. The topological polar surface area (TPSA) is 78.8 Å². The highest BCUT2D eigenvalue weighted by Gasteiger charge is 2.07. The van der Waals surface area contributed by atoms with Gasteiger partial charge in [-0.15, -0.1) is 0 Å². The van der Waals surface area contributed by atoms with Crippen molar-refractivity contribution in [2.45, 2.75) is 6.92 Å². The third kappa shape index (κ3) is 11.0. The van der Waals surface area contributed by atoms with Crippen molar-refractivity contribution >= 4 is 40.6 Å². The number of amidine groups is 1. The summed E-state index contributed by atoms with van der Waals surface area (Å²) >= 11 is 7.56. The average Bonchev–Trinajstić information content (AvgIpc) is 2.77. The standard InChI is InChI=1S/C17H16ClN3O2S.C5H14N2/c1-3-8-24-17(19-2)21-16-10-13(6-7-20-16)23-15-9-12(11-22)4-5-14(15)18;1-6-4-5-7(2)3/h3-11H,1-2H3,(H,19,20,21);6H,4-5H2,1-3H3/b8-3+;. The van der Waals surface area contributed by atoms with Crippen LogP contribution in [-0.4, -0.2) is 62.6 Å². The molecule has 168 valence electrons. The van der Waals surface area contributed by atoms with E-state index in [0.29, 0.717) is 33.1 Å². The number of carbonyl (C=O) groups is 1. The molecule has 1 aromatic heterocycles. The molecule has 0 aliphatic carbocycles. The molecule has 1 heterocycles. The zero-order chi connectivity index (χ0) is 23.1. The number of nitrogens with zero attached hydrogens (tertiary/aromatic N) is 3. The minimum atomic E-state index is 0.408. The van der Waals surface area contributed by atoms with Crippen LogP contribution in [0.15, 0.2) is 53.0 Å². The number of aromatic nitrogens is 1. The first-order valence-electron chi connectivity index (χ1n) is 9.63. The molecule has 0 saturated heterocycles. The molecule has 0 saturated carbocycles. The Morgan fingerprint density at radius 3 is 2.68 bits per heavy atom. The Kier molecular flexibility index (Phi) is 13.3. The molecule has 0 bridgehead atoms. The largest absolute Gasteiger partial charge is 0.456 e. The van der Waals surface area contributed by atoms with E-state index >= 15 is 0 Å². The van der Waals surface area contributed by atoms with Crippen LogP contribution in [0.4, 0.5) is 5.82 Å². The molecule has 0 unspecified atom stereocenters. The van der Waals surface area contributed by atoms with Crippen LogP contribution in [0, 0.1) is 0 Å². The molecule has 1 aromatic carbocycles. The highest BCUT2D eigenvalue weighted by molar-refractivity contribution is 8.16. The third-order valence-corrected chi connectivity index (χ3v) is 4.84. The van der Waals surface area contributed by atoms with E-state index < -0.39 is 0 Å². The molecule has 0 amide bonds. The molecule has 2 rings (SSSR count). The molecule has 0 aliphatic heterocycles. The Hall–Kier alpha value is -2.39. The summed E-state index contributed by atoms with van der Waals surface area (Å²) in [6.07, 6.45) is 4.28. The summed E-state index contributed by atoms with van der Waals surface area (Å²) in [7, 11) is 7.79. The molecule has 0 fully saturated rings. The van der Waals surface area contributed by atoms with Gasteiger partial charge in [-0.05, 0) is 57.7 Å². The molecule has 2 aromatic rings. The van der Waals surface area contributed by atoms with E-state index in [1.807, 2.05) is 25.5 Å². The number of anilines is 1. The fraction of sp³-hybridized carbons (Fsp3) is 0.318. The number of nitrogens with one attached hydrogen (secondary N) is 2. The first kappa shape index (κ1) is 26.6. The second-order valence-electron chi connectivity index (χ2n) is 6.43. The zero-order valence-corrected chi connectivity index (χ0v) is 20.1. The van der Waals surface area contributed by atoms with Gasteiger partial charge in [-0.3, -0.25) is 9.79 Å². The Balaban J connectivity index is 0.000000592. The first-order chi connectivity index (χ1) is 14.9. The minimum Gasteiger partial charge on any atom is -0.456 e. The van der Waals surface area contributed by atoms with Crippen molar-refractivity contribution in [3.05, 3.63) is 58.6 Å². The van der Waals surface area contributed by atoms with Crippen molar-refractivity contribution in [1.29, 1.82) is 0 Å². The lowest BCUT2D eigenvalue weighted by molar-refractivity contribution is 0.112. The van der Waals surface area contributed by atoms with Gasteiger partial charge in [-0.2, -0.15) is 0 Å². The van der Waals surface area contributed by atoms with Crippen LogP contribution in [0.3, 0.4) is 0 Å². The molecule has 0 aliphatic rings. The van der Waals surface area contributed by atoms with E-state index in [0.717, 1.165) is 19.4 Å². The maximum atomic E-state index is 10.9. The van der Waals surface area contributed by atoms with Crippen molar-refractivity contribution < 1.29 is 9.53 Å². The summed E-state index contributed by atoms with van der Waals surface area (Å²) in [6.45, 7) is 4.13. The smallest absolute Gasteiger partial charge is 0.166 e. The fourth-order valence-corrected chi connectivity index (χ4v) is 2.75. The number of likely N-dealkylation sites (N-methyl/N-ethyl adjacent to an activating group) is 2. The zero-order valence-electron chi connectivity index (χ0n) is 18.6. The van der Waals surface area contributed by atoms with Gasteiger partial charge < -0.3 is 20.3 Å². The van der Waals surface area contributed by atoms with Gasteiger partial charge in [0.25, 0.3) is 0 Å². The van der Waals surface area contributed by atoms with Crippen LogP contribution in [0.5, 0.6) is 11.5 Å². The van der Waals surface area contributed by atoms with E-state index in [2.05, 4.69) is 39.6 Å². The molecule has 2 N–H and O–H groups in total. The second kappa shape index (κ2) is 15.4. The Morgan fingerprint density at radius 2 is 2.10 bits per heavy atom. The van der Waals surface area contributed by atoms with Gasteiger partial charge in [-0.1, -0.05) is 29.4 Å². The summed E-state index contributed by atoms with van der Waals surface area (Å²) in [5.41, 5.74) is 0.491. The predicted octanol–water partition coefficient (Wildman–Crippen LogP) is 4.77. The fourth-order valence-electron chi connectivity index (χ4n) is 2.06. The van der Waals surface area contributed by atoms with Crippen LogP contribution in [0.25, 0.3) is 0 Å². The lowest BCUT2D eigenvalue weighted by Gasteiger charge is -2.10. The number of hydrogen-bond acceptors (Lipinski definition) is 7.